The van der Waals surface area contributed by atoms with E-state index in [0.29, 0.717) is 18.0 Å². The molecule has 2 fully saturated rings. The Balaban J connectivity index is 1.32. The second-order valence-corrected chi connectivity index (χ2v) is 8.42. The van der Waals surface area contributed by atoms with E-state index in [1.807, 2.05) is 19.2 Å². The monoisotopic (exact) mass is 432 g/mol. The number of anilines is 1. The van der Waals surface area contributed by atoms with Crippen molar-refractivity contribution in [3.63, 3.8) is 0 Å². The Morgan fingerprint density at radius 2 is 1.84 bits per heavy atom. The average Bonchev–Trinajstić information content (AvgIpc) is 2.80. The van der Waals surface area contributed by atoms with Gasteiger partial charge < -0.3 is 20.4 Å². The highest BCUT2D eigenvalue weighted by Crippen LogP contribution is 2.21. The second-order valence-electron chi connectivity index (χ2n) is 8.42. The third-order valence-corrected chi connectivity index (χ3v) is 6.38. The van der Waals surface area contributed by atoms with Crippen LogP contribution in [0.1, 0.15) is 25.7 Å². The number of likely N-dealkylation sites (tertiary alicyclic amines) is 1. The summed E-state index contributed by atoms with van der Waals surface area (Å²) in [5.74, 6) is 1.43. The summed E-state index contributed by atoms with van der Waals surface area (Å²) in [6, 6.07) is 7.03. The van der Waals surface area contributed by atoms with Crippen molar-refractivity contribution in [2.45, 2.75) is 25.7 Å². The molecule has 2 N–H and O–H groups in total. The van der Waals surface area contributed by atoms with Crippen molar-refractivity contribution in [2.24, 2.45) is 10.9 Å². The van der Waals surface area contributed by atoms with Crippen LogP contribution >= 0.6 is 0 Å². The first-order valence-electron chi connectivity index (χ1n) is 11.5. The van der Waals surface area contributed by atoms with Crippen molar-refractivity contribution in [1.82, 2.24) is 20.4 Å². The molecule has 31 heavy (non-hydrogen) atoms. The molecule has 0 spiro atoms. The highest BCUT2D eigenvalue weighted by atomic mass is 19.1. The van der Waals surface area contributed by atoms with Crippen LogP contribution in [-0.2, 0) is 4.79 Å². The molecule has 2 aliphatic heterocycles. The molecule has 0 aliphatic carbocycles. The van der Waals surface area contributed by atoms with Crippen LogP contribution in [0.2, 0.25) is 0 Å². The fourth-order valence-corrected chi connectivity index (χ4v) is 4.47. The lowest BCUT2D eigenvalue weighted by molar-refractivity contribution is -0.121. The summed E-state index contributed by atoms with van der Waals surface area (Å²) >= 11 is 0. The summed E-state index contributed by atoms with van der Waals surface area (Å²) < 4.78 is 14.0. The number of hydrogen-bond acceptors (Lipinski definition) is 4. The Labute approximate surface area is 185 Å². The average molecular weight is 433 g/mol. The van der Waals surface area contributed by atoms with E-state index >= 15 is 0 Å². The predicted molar refractivity (Wildman–Crippen MR) is 124 cm³/mol. The van der Waals surface area contributed by atoms with E-state index < -0.39 is 0 Å². The number of aliphatic imine (C=N–C) groups is 1. The largest absolute Gasteiger partial charge is 0.367 e. The van der Waals surface area contributed by atoms with Gasteiger partial charge in [0.25, 0.3) is 0 Å². The summed E-state index contributed by atoms with van der Waals surface area (Å²) in [4.78, 5) is 22.9. The van der Waals surface area contributed by atoms with Gasteiger partial charge in [-0.2, -0.15) is 0 Å². The Morgan fingerprint density at radius 1 is 1.13 bits per heavy atom. The molecule has 0 radical (unpaired) electrons. The number of hydrogen-bond donors (Lipinski definition) is 2. The maximum Gasteiger partial charge on any atom is 0.220 e. The molecular formula is C23H37FN6O. The zero-order valence-electron chi connectivity index (χ0n) is 18.9. The number of rotatable bonds is 7. The van der Waals surface area contributed by atoms with Gasteiger partial charge in [0, 0.05) is 66.3 Å². The third kappa shape index (κ3) is 6.82. The van der Waals surface area contributed by atoms with Gasteiger partial charge in [0.1, 0.15) is 5.82 Å². The summed E-state index contributed by atoms with van der Waals surface area (Å²) in [6.45, 7) is 7.45. The summed E-state index contributed by atoms with van der Waals surface area (Å²) in [5.41, 5.74) is 0.715. The Kier molecular flexibility index (Phi) is 8.94. The van der Waals surface area contributed by atoms with Crippen LogP contribution in [0.4, 0.5) is 10.1 Å². The number of halogens is 1. The Morgan fingerprint density at radius 3 is 2.48 bits per heavy atom. The molecule has 8 heteroatoms. The van der Waals surface area contributed by atoms with E-state index in [-0.39, 0.29) is 11.7 Å². The molecule has 7 nitrogen and oxygen atoms in total. The molecule has 0 atom stereocenters. The summed E-state index contributed by atoms with van der Waals surface area (Å²) in [5, 5.41) is 6.22. The fourth-order valence-electron chi connectivity index (χ4n) is 4.47. The maximum absolute atomic E-state index is 14.0. The van der Waals surface area contributed by atoms with Gasteiger partial charge >= 0.3 is 0 Å². The van der Waals surface area contributed by atoms with Crippen LogP contribution in [0, 0.1) is 11.7 Å². The molecule has 2 aliphatic rings. The number of carbonyl (C=O) groups is 1. The third-order valence-electron chi connectivity index (χ3n) is 6.38. The molecule has 2 heterocycles. The van der Waals surface area contributed by atoms with Gasteiger partial charge in [-0.25, -0.2) is 4.39 Å². The van der Waals surface area contributed by atoms with Crippen LogP contribution in [0.15, 0.2) is 29.3 Å². The highest BCUT2D eigenvalue weighted by molar-refractivity contribution is 5.80. The van der Waals surface area contributed by atoms with Crippen molar-refractivity contribution in [1.29, 1.82) is 0 Å². The van der Waals surface area contributed by atoms with E-state index in [0.717, 1.165) is 77.6 Å². The first kappa shape index (κ1) is 23.3. The number of nitrogens with one attached hydrogen (secondary N) is 2. The normalized spacial score (nSPS) is 18.9. The minimum atomic E-state index is -0.135. The SMILES string of the molecule is CN=C(NCCCN1CCN(c2ccccc2F)CC1)N1CCC(CC(=O)NC)CC1. The second kappa shape index (κ2) is 11.9. The van der Waals surface area contributed by atoms with Crippen molar-refractivity contribution in [3.05, 3.63) is 30.1 Å². The minimum absolute atomic E-state index is 0.135. The summed E-state index contributed by atoms with van der Waals surface area (Å²) in [6.07, 6.45) is 3.73. The molecule has 1 aromatic carbocycles. The molecule has 1 aromatic rings. The molecule has 172 valence electrons. The Bertz CT molecular complexity index is 727. The van der Waals surface area contributed by atoms with Gasteiger partial charge in [-0.15, -0.1) is 0 Å². The van der Waals surface area contributed by atoms with Crippen molar-refractivity contribution < 1.29 is 9.18 Å². The van der Waals surface area contributed by atoms with E-state index in [1.54, 1.807) is 13.1 Å². The molecule has 0 aromatic heterocycles. The van der Waals surface area contributed by atoms with E-state index in [4.69, 9.17) is 0 Å². The first-order valence-corrected chi connectivity index (χ1v) is 11.5. The number of para-hydroxylation sites is 1. The van der Waals surface area contributed by atoms with Crippen LogP contribution in [-0.4, -0.2) is 88.1 Å². The molecule has 0 unspecified atom stereocenters. The van der Waals surface area contributed by atoms with E-state index in [2.05, 4.69) is 30.3 Å². The lowest BCUT2D eigenvalue weighted by Crippen LogP contribution is -2.48. The number of nitrogens with zero attached hydrogens (tertiary/aromatic N) is 4. The number of guanidine groups is 1. The number of piperidine rings is 1. The Hall–Kier alpha value is -2.35. The number of piperazine rings is 1. The van der Waals surface area contributed by atoms with Gasteiger partial charge in [0.05, 0.1) is 5.69 Å². The van der Waals surface area contributed by atoms with Crippen molar-refractivity contribution in [3.8, 4) is 0 Å². The highest BCUT2D eigenvalue weighted by Gasteiger charge is 2.23. The lowest BCUT2D eigenvalue weighted by atomic mass is 9.93. The topological polar surface area (TPSA) is 63.2 Å². The van der Waals surface area contributed by atoms with E-state index in [1.165, 1.54) is 6.07 Å². The zero-order chi connectivity index (χ0) is 22.1. The predicted octanol–water partition coefficient (Wildman–Crippen LogP) is 1.76. The smallest absolute Gasteiger partial charge is 0.220 e. The first-order chi connectivity index (χ1) is 15.1. The van der Waals surface area contributed by atoms with Gasteiger partial charge in [0.15, 0.2) is 5.96 Å². The number of amides is 1. The van der Waals surface area contributed by atoms with Gasteiger partial charge in [-0.1, -0.05) is 12.1 Å². The van der Waals surface area contributed by atoms with Crippen LogP contribution in [0.3, 0.4) is 0 Å². The van der Waals surface area contributed by atoms with Crippen LogP contribution in [0.5, 0.6) is 0 Å². The zero-order valence-corrected chi connectivity index (χ0v) is 18.9. The van der Waals surface area contributed by atoms with Gasteiger partial charge in [-0.05, 0) is 43.9 Å². The van der Waals surface area contributed by atoms with Gasteiger partial charge in [-0.3, -0.25) is 14.7 Å². The molecular weight excluding hydrogens is 395 g/mol. The lowest BCUT2D eigenvalue weighted by Gasteiger charge is -2.36. The molecule has 1 amide bonds. The van der Waals surface area contributed by atoms with Crippen molar-refractivity contribution >= 4 is 17.6 Å². The minimum Gasteiger partial charge on any atom is -0.367 e. The molecule has 3 rings (SSSR count). The van der Waals surface area contributed by atoms with Crippen LogP contribution in [0.25, 0.3) is 0 Å². The fraction of sp³-hybridized carbons (Fsp3) is 0.652. The maximum atomic E-state index is 14.0. The number of carbonyl (C=O) groups excluding carboxylic acids is 1. The van der Waals surface area contributed by atoms with Gasteiger partial charge in [0.2, 0.25) is 5.91 Å². The summed E-state index contributed by atoms with van der Waals surface area (Å²) in [7, 11) is 3.53. The molecule has 0 saturated carbocycles. The van der Waals surface area contributed by atoms with Crippen molar-refractivity contribution in [2.75, 3.05) is 71.4 Å². The number of benzene rings is 1. The standard InChI is InChI=1S/C23H37FN6O/c1-25-22(31)18-19-8-12-30(13-9-19)23(26-2)27-10-5-11-28-14-16-29(17-15-28)21-7-4-3-6-20(21)24/h3-4,6-7,19H,5,8-18H2,1-2H3,(H,25,31)(H,26,27). The molecule has 0 bridgehead atoms. The van der Waals surface area contributed by atoms with E-state index in [9.17, 15) is 9.18 Å². The molecule has 2 saturated heterocycles. The quantitative estimate of drug-likeness (QED) is 0.391. The van der Waals surface area contributed by atoms with Crippen LogP contribution < -0.4 is 15.5 Å².